The van der Waals surface area contributed by atoms with Crippen LogP contribution in [0, 0.1) is 23.7 Å². The van der Waals surface area contributed by atoms with E-state index < -0.39 is 11.2 Å². The van der Waals surface area contributed by atoms with E-state index in [0.717, 1.165) is 24.8 Å². The zero-order valence-corrected chi connectivity index (χ0v) is 18.9. The standard InChI is InChI=1S/C25H33N3O3/c1-16(2)14-25-15-20(27-28-26)24(4,31-25)19-12-10-17(3)22(19)23(25)30-21(29)13-11-18-8-6-5-7-9-18/h5-9,11,13,16-17,19-20,22-23H,10,12,14-15H2,1-4H3/b13-11+. The van der Waals surface area contributed by atoms with Crippen molar-refractivity contribution in [2.75, 3.05) is 0 Å². The molecule has 0 N–H and O–H groups in total. The van der Waals surface area contributed by atoms with E-state index in [2.05, 4.69) is 37.7 Å². The molecule has 6 heteroatoms. The van der Waals surface area contributed by atoms with Gasteiger partial charge in [0.2, 0.25) is 0 Å². The van der Waals surface area contributed by atoms with Gasteiger partial charge in [-0.15, -0.1) is 0 Å². The van der Waals surface area contributed by atoms with Gasteiger partial charge in [0.1, 0.15) is 11.7 Å². The molecule has 0 spiro atoms. The minimum Gasteiger partial charge on any atom is -0.456 e. The normalized spacial score (nSPS) is 38.8. The van der Waals surface area contributed by atoms with Crippen molar-refractivity contribution >= 4 is 12.0 Å². The fraction of sp³-hybridized carbons (Fsp3) is 0.640. The maximum Gasteiger partial charge on any atom is 0.331 e. The van der Waals surface area contributed by atoms with Crippen molar-refractivity contribution in [2.24, 2.45) is 28.8 Å². The first kappa shape index (κ1) is 21.9. The Hall–Kier alpha value is -2.30. The van der Waals surface area contributed by atoms with Gasteiger partial charge in [-0.1, -0.05) is 56.2 Å². The molecule has 7 atom stereocenters. The lowest BCUT2D eigenvalue weighted by Gasteiger charge is -2.52. The molecule has 4 rings (SSSR count). The van der Waals surface area contributed by atoms with Crippen molar-refractivity contribution in [3.8, 4) is 0 Å². The lowest BCUT2D eigenvalue weighted by molar-refractivity contribution is -0.249. The third-order valence-electron chi connectivity index (χ3n) is 7.68. The smallest absolute Gasteiger partial charge is 0.331 e. The minimum absolute atomic E-state index is 0.213. The fourth-order valence-electron chi connectivity index (χ4n) is 6.56. The number of esters is 1. The Morgan fingerprint density at radius 1 is 1.35 bits per heavy atom. The summed E-state index contributed by atoms with van der Waals surface area (Å²) in [6, 6.07) is 9.50. The molecule has 31 heavy (non-hydrogen) atoms. The lowest BCUT2D eigenvalue weighted by Crippen LogP contribution is -2.60. The molecule has 0 aromatic heterocycles. The number of carbonyl (C=O) groups excluding carboxylic acids is 1. The highest BCUT2D eigenvalue weighted by Crippen LogP contribution is 2.62. The van der Waals surface area contributed by atoms with Crippen LogP contribution in [0.1, 0.15) is 58.9 Å². The predicted octanol–water partition coefficient (Wildman–Crippen LogP) is 5.93. The molecule has 3 aliphatic rings. The number of benzene rings is 1. The molecule has 1 saturated carbocycles. The number of hydrogen-bond acceptors (Lipinski definition) is 4. The molecular formula is C25H33N3O3. The second-order valence-electron chi connectivity index (χ2n) is 10.2. The Kier molecular flexibility index (Phi) is 5.89. The van der Waals surface area contributed by atoms with Crippen LogP contribution in [0.25, 0.3) is 16.5 Å². The summed E-state index contributed by atoms with van der Waals surface area (Å²) in [6.07, 6.45) is 6.42. The molecule has 0 amide bonds. The molecular weight excluding hydrogens is 390 g/mol. The molecule has 1 aliphatic carbocycles. The molecule has 2 heterocycles. The van der Waals surface area contributed by atoms with Crippen LogP contribution in [0.4, 0.5) is 0 Å². The fourth-order valence-corrected chi connectivity index (χ4v) is 6.56. The van der Waals surface area contributed by atoms with E-state index in [-0.39, 0.29) is 30.0 Å². The summed E-state index contributed by atoms with van der Waals surface area (Å²) in [4.78, 5) is 16.1. The zero-order valence-electron chi connectivity index (χ0n) is 18.9. The lowest BCUT2D eigenvalue weighted by atomic mass is 9.70. The van der Waals surface area contributed by atoms with Crippen LogP contribution < -0.4 is 0 Å². The Morgan fingerprint density at radius 3 is 2.77 bits per heavy atom. The van der Waals surface area contributed by atoms with Crippen LogP contribution in [-0.2, 0) is 14.3 Å². The predicted molar refractivity (Wildman–Crippen MR) is 120 cm³/mol. The first-order valence-corrected chi connectivity index (χ1v) is 11.5. The third-order valence-corrected chi connectivity index (χ3v) is 7.68. The largest absolute Gasteiger partial charge is 0.456 e. The van der Waals surface area contributed by atoms with Crippen LogP contribution in [0.15, 0.2) is 41.5 Å². The molecule has 1 aromatic carbocycles. The first-order chi connectivity index (χ1) is 14.8. The summed E-state index contributed by atoms with van der Waals surface area (Å²) >= 11 is 0. The summed E-state index contributed by atoms with van der Waals surface area (Å²) in [7, 11) is 0. The average Bonchev–Trinajstić information content (AvgIpc) is 3.22. The van der Waals surface area contributed by atoms with Crippen molar-refractivity contribution in [1.82, 2.24) is 0 Å². The van der Waals surface area contributed by atoms with E-state index in [4.69, 9.17) is 9.47 Å². The number of ether oxygens (including phenoxy) is 2. The van der Waals surface area contributed by atoms with Crippen molar-refractivity contribution in [2.45, 2.75) is 76.7 Å². The average molecular weight is 424 g/mol. The van der Waals surface area contributed by atoms with Gasteiger partial charge in [0.05, 0.1) is 11.6 Å². The second kappa shape index (κ2) is 8.33. The molecule has 2 aliphatic heterocycles. The highest BCUT2D eigenvalue weighted by Gasteiger charge is 2.70. The van der Waals surface area contributed by atoms with E-state index in [1.807, 2.05) is 30.3 Å². The third kappa shape index (κ3) is 3.88. The van der Waals surface area contributed by atoms with Crippen molar-refractivity contribution in [3.63, 3.8) is 0 Å². The van der Waals surface area contributed by atoms with E-state index in [1.54, 1.807) is 6.08 Å². The highest BCUT2D eigenvalue weighted by atomic mass is 16.6. The molecule has 166 valence electrons. The summed E-state index contributed by atoms with van der Waals surface area (Å²) in [5, 5.41) is 4.17. The van der Waals surface area contributed by atoms with Crippen LogP contribution in [-0.4, -0.2) is 29.3 Å². The summed E-state index contributed by atoms with van der Waals surface area (Å²) in [5.41, 5.74) is 9.06. The summed E-state index contributed by atoms with van der Waals surface area (Å²) < 4.78 is 13.0. The van der Waals surface area contributed by atoms with Gasteiger partial charge in [-0.05, 0) is 67.5 Å². The maximum atomic E-state index is 12.9. The number of azide groups is 1. The second-order valence-corrected chi connectivity index (χ2v) is 10.2. The number of fused-ring (bicyclic) bond motifs is 4. The number of carbonyl (C=O) groups is 1. The quantitative estimate of drug-likeness (QED) is 0.187. The Balaban J connectivity index is 1.67. The molecule has 0 radical (unpaired) electrons. The van der Waals surface area contributed by atoms with Gasteiger partial charge in [0, 0.05) is 16.9 Å². The van der Waals surface area contributed by atoms with Gasteiger partial charge in [0.25, 0.3) is 0 Å². The first-order valence-electron chi connectivity index (χ1n) is 11.5. The molecule has 2 saturated heterocycles. The number of hydrogen-bond donors (Lipinski definition) is 0. The topological polar surface area (TPSA) is 84.3 Å². The van der Waals surface area contributed by atoms with E-state index in [0.29, 0.717) is 18.3 Å². The van der Waals surface area contributed by atoms with Crippen LogP contribution in [0.3, 0.4) is 0 Å². The monoisotopic (exact) mass is 423 g/mol. The van der Waals surface area contributed by atoms with Crippen LogP contribution in [0.5, 0.6) is 0 Å². The van der Waals surface area contributed by atoms with Crippen molar-refractivity contribution in [1.29, 1.82) is 0 Å². The molecule has 1 aromatic rings. The van der Waals surface area contributed by atoms with Crippen molar-refractivity contribution in [3.05, 3.63) is 52.4 Å². The Morgan fingerprint density at radius 2 is 2.10 bits per heavy atom. The van der Waals surface area contributed by atoms with E-state index >= 15 is 0 Å². The van der Waals surface area contributed by atoms with E-state index in [1.165, 1.54) is 6.08 Å². The van der Waals surface area contributed by atoms with Gasteiger partial charge in [-0.25, -0.2) is 4.79 Å². The Labute approximate surface area is 184 Å². The van der Waals surface area contributed by atoms with Crippen molar-refractivity contribution < 1.29 is 14.3 Å². The summed E-state index contributed by atoms with van der Waals surface area (Å²) in [6.45, 7) is 8.69. The molecule has 7 unspecified atom stereocenters. The molecule has 3 fully saturated rings. The molecule has 6 nitrogen and oxygen atoms in total. The number of nitrogens with zero attached hydrogens (tertiary/aromatic N) is 3. The van der Waals surface area contributed by atoms with Gasteiger partial charge < -0.3 is 9.47 Å². The number of rotatable bonds is 6. The minimum atomic E-state index is -0.613. The van der Waals surface area contributed by atoms with Gasteiger partial charge in [-0.3, -0.25) is 0 Å². The van der Waals surface area contributed by atoms with Crippen LogP contribution >= 0.6 is 0 Å². The summed E-state index contributed by atoms with van der Waals surface area (Å²) in [5.74, 6) is 0.889. The maximum absolute atomic E-state index is 12.9. The Bertz CT molecular complexity index is 895. The molecule has 2 bridgehead atoms. The SMILES string of the molecule is CC(C)CC12CC(N=[N+]=[N-])C(C)(O1)C1CCC(C)C1C2OC(=O)/C=C/c1ccccc1. The zero-order chi connectivity index (χ0) is 22.2. The van der Waals surface area contributed by atoms with Gasteiger partial charge >= 0.3 is 5.97 Å². The van der Waals surface area contributed by atoms with Gasteiger partial charge in [0.15, 0.2) is 0 Å². The van der Waals surface area contributed by atoms with E-state index in [9.17, 15) is 10.3 Å². The van der Waals surface area contributed by atoms with Gasteiger partial charge in [-0.2, -0.15) is 0 Å². The highest BCUT2D eigenvalue weighted by molar-refractivity contribution is 5.87. The van der Waals surface area contributed by atoms with Crippen LogP contribution in [0.2, 0.25) is 0 Å².